The average Bonchev–Trinajstić information content (AvgIpc) is 3.36. The molecule has 1 aromatic heterocycles. The maximum atomic E-state index is 12.4. The lowest BCUT2D eigenvalue weighted by atomic mass is 9.87. The van der Waals surface area contributed by atoms with Crippen molar-refractivity contribution in [3.05, 3.63) is 47.9 Å². The molecule has 1 N–H and O–H groups in total. The van der Waals surface area contributed by atoms with Gasteiger partial charge >= 0.3 is 5.97 Å². The monoisotopic (exact) mass is 428 g/mol. The number of carbonyl (C=O) groups excluding carboxylic acids is 3. The molecule has 0 aliphatic carbocycles. The van der Waals surface area contributed by atoms with Crippen LogP contribution in [0.4, 0.5) is 5.69 Å². The Morgan fingerprint density at radius 1 is 1.26 bits per heavy atom. The van der Waals surface area contributed by atoms with Gasteiger partial charge in [0, 0.05) is 13.0 Å². The number of anilines is 1. The van der Waals surface area contributed by atoms with E-state index in [0.29, 0.717) is 23.7 Å². The molecule has 1 aliphatic heterocycles. The van der Waals surface area contributed by atoms with Gasteiger partial charge in [0.05, 0.1) is 31.5 Å². The van der Waals surface area contributed by atoms with Crippen LogP contribution in [0.15, 0.2) is 41.0 Å². The van der Waals surface area contributed by atoms with Crippen LogP contribution in [0.25, 0.3) is 0 Å². The minimum absolute atomic E-state index is 0.0581. The predicted octanol–water partition coefficient (Wildman–Crippen LogP) is 3.12. The Bertz CT molecular complexity index is 945. The van der Waals surface area contributed by atoms with Gasteiger partial charge in [0.1, 0.15) is 11.5 Å². The summed E-state index contributed by atoms with van der Waals surface area (Å²) in [5.41, 5.74) is 1.44. The van der Waals surface area contributed by atoms with E-state index in [9.17, 15) is 14.4 Å². The SMILES string of the molecule is COc1ccc(C(C)(C)C)cc1NC(=O)COC(=O)C1CC(=O)N(Cc2ccco2)C1. The van der Waals surface area contributed by atoms with E-state index in [4.69, 9.17) is 13.9 Å². The molecule has 1 atom stereocenters. The van der Waals surface area contributed by atoms with Crippen LogP contribution in [0.3, 0.4) is 0 Å². The van der Waals surface area contributed by atoms with Gasteiger partial charge in [-0.2, -0.15) is 0 Å². The number of ether oxygens (including phenoxy) is 2. The summed E-state index contributed by atoms with van der Waals surface area (Å²) in [6, 6.07) is 9.10. The number of amides is 2. The first kappa shape index (κ1) is 22.4. The average molecular weight is 428 g/mol. The molecule has 1 aromatic carbocycles. The lowest BCUT2D eigenvalue weighted by Crippen LogP contribution is -2.28. The minimum atomic E-state index is -0.603. The van der Waals surface area contributed by atoms with Crippen molar-refractivity contribution >= 4 is 23.5 Å². The van der Waals surface area contributed by atoms with E-state index in [2.05, 4.69) is 26.1 Å². The summed E-state index contributed by atoms with van der Waals surface area (Å²) in [6.07, 6.45) is 1.59. The number of carbonyl (C=O) groups is 3. The summed E-state index contributed by atoms with van der Waals surface area (Å²) in [4.78, 5) is 38.5. The third-order valence-electron chi connectivity index (χ3n) is 5.16. The molecular weight excluding hydrogens is 400 g/mol. The molecule has 2 heterocycles. The standard InChI is InChI=1S/C23H28N2O6/c1-23(2,3)16-7-8-19(29-4)18(11-16)24-20(26)14-31-22(28)15-10-21(27)25(12-15)13-17-6-5-9-30-17/h5-9,11,15H,10,12-14H2,1-4H3,(H,24,26). The molecule has 1 saturated heterocycles. The number of nitrogens with one attached hydrogen (secondary N) is 1. The molecule has 1 aliphatic rings. The van der Waals surface area contributed by atoms with E-state index in [1.54, 1.807) is 23.1 Å². The molecule has 2 aromatic rings. The zero-order valence-corrected chi connectivity index (χ0v) is 18.3. The van der Waals surface area contributed by atoms with Crippen molar-refractivity contribution in [2.24, 2.45) is 5.92 Å². The fourth-order valence-electron chi connectivity index (χ4n) is 3.39. The Morgan fingerprint density at radius 3 is 2.68 bits per heavy atom. The van der Waals surface area contributed by atoms with Crippen molar-refractivity contribution in [3.63, 3.8) is 0 Å². The summed E-state index contributed by atoms with van der Waals surface area (Å²) in [5, 5.41) is 2.74. The molecule has 8 nitrogen and oxygen atoms in total. The first-order valence-electron chi connectivity index (χ1n) is 10.1. The molecule has 0 saturated carbocycles. The Hall–Kier alpha value is -3.29. The largest absolute Gasteiger partial charge is 0.495 e. The van der Waals surface area contributed by atoms with Crippen LogP contribution in [-0.2, 0) is 31.1 Å². The third kappa shape index (κ3) is 5.65. The Morgan fingerprint density at radius 2 is 2.03 bits per heavy atom. The van der Waals surface area contributed by atoms with Gasteiger partial charge in [-0.05, 0) is 35.2 Å². The smallest absolute Gasteiger partial charge is 0.311 e. The van der Waals surface area contributed by atoms with Crippen LogP contribution in [0.5, 0.6) is 5.75 Å². The normalized spacial score (nSPS) is 16.3. The number of hydrogen-bond donors (Lipinski definition) is 1. The van der Waals surface area contributed by atoms with Gasteiger partial charge in [-0.3, -0.25) is 14.4 Å². The highest BCUT2D eigenvalue weighted by Crippen LogP contribution is 2.31. The van der Waals surface area contributed by atoms with Crippen molar-refractivity contribution in [2.75, 3.05) is 25.6 Å². The maximum absolute atomic E-state index is 12.4. The zero-order chi connectivity index (χ0) is 22.6. The van der Waals surface area contributed by atoms with E-state index >= 15 is 0 Å². The fourth-order valence-corrected chi connectivity index (χ4v) is 3.39. The van der Waals surface area contributed by atoms with Gasteiger partial charge in [0.25, 0.3) is 5.91 Å². The summed E-state index contributed by atoms with van der Waals surface area (Å²) in [7, 11) is 1.52. The van der Waals surface area contributed by atoms with Crippen LogP contribution < -0.4 is 10.1 Å². The van der Waals surface area contributed by atoms with Crippen LogP contribution in [0, 0.1) is 5.92 Å². The van der Waals surface area contributed by atoms with Crippen LogP contribution in [0.2, 0.25) is 0 Å². The van der Waals surface area contributed by atoms with E-state index < -0.39 is 24.4 Å². The van der Waals surface area contributed by atoms with E-state index in [-0.39, 0.29) is 24.3 Å². The highest BCUT2D eigenvalue weighted by molar-refractivity contribution is 5.95. The number of nitrogens with zero attached hydrogens (tertiary/aromatic N) is 1. The highest BCUT2D eigenvalue weighted by atomic mass is 16.5. The van der Waals surface area contributed by atoms with Crippen molar-refractivity contribution in [2.45, 2.75) is 39.2 Å². The molecule has 1 fully saturated rings. The van der Waals surface area contributed by atoms with Gasteiger partial charge in [0.2, 0.25) is 5.91 Å². The molecule has 31 heavy (non-hydrogen) atoms. The Balaban J connectivity index is 1.54. The van der Waals surface area contributed by atoms with Gasteiger partial charge < -0.3 is 24.1 Å². The number of methoxy groups -OCH3 is 1. The first-order valence-corrected chi connectivity index (χ1v) is 10.1. The van der Waals surface area contributed by atoms with E-state index in [1.165, 1.54) is 13.4 Å². The molecule has 0 spiro atoms. The van der Waals surface area contributed by atoms with Crippen molar-refractivity contribution in [3.8, 4) is 5.75 Å². The van der Waals surface area contributed by atoms with Crippen molar-refractivity contribution in [1.82, 2.24) is 4.90 Å². The zero-order valence-electron chi connectivity index (χ0n) is 18.3. The van der Waals surface area contributed by atoms with Crippen LogP contribution in [0.1, 0.15) is 38.5 Å². The topological polar surface area (TPSA) is 98.1 Å². The number of furan rings is 1. The molecule has 8 heteroatoms. The second kappa shape index (κ2) is 9.24. The van der Waals surface area contributed by atoms with Gasteiger partial charge in [-0.1, -0.05) is 26.8 Å². The first-order chi connectivity index (χ1) is 14.7. The van der Waals surface area contributed by atoms with Gasteiger partial charge in [-0.15, -0.1) is 0 Å². The Labute approximate surface area is 181 Å². The van der Waals surface area contributed by atoms with Crippen LogP contribution >= 0.6 is 0 Å². The molecule has 166 valence electrons. The summed E-state index contributed by atoms with van der Waals surface area (Å²) >= 11 is 0. The minimum Gasteiger partial charge on any atom is -0.495 e. The van der Waals surface area contributed by atoms with Crippen LogP contribution in [-0.4, -0.2) is 42.9 Å². The maximum Gasteiger partial charge on any atom is 0.311 e. The highest BCUT2D eigenvalue weighted by Gasteiger charge is 2.36. The molecule has 3 rings (SSSR count). The Kier molecular flexibility index (Phi) is 6.68. The van der Waals surface area contributed by atoms with E-state index in [0.717, 1.165) is 5.56 Å². The summed E-state index contributed by atoms with van der Waals surface area (Å²) in [5.74, 6) is -0.633. The van der Waals surface area contributed by atoms with Crippen molar-refractivity contribution in [1.29, 1.82) is 0 Å². The lowest BCUT2D eigenvalue weighted by Gasteiger charge is -2.21. The summed E-state index contributed by atoms with van der Waals surface area (Å²) < 4.78 is 15.7. The van der Waals surface area contributed by atoms with Crippen molar-refractivity contribution < 1.29 is 28.3 Å². The van der Waals surface area contributed by atoms with Gasteiger partial charge in [0.15, 0.2) is 6.61 Å². The van der Waals surface area contributed by atoms with E-state index in [1.807, 2.05) is 12.1 Å². The second-order valence-corrected chi connectivity index (χ2v) is 8.58. The predicted molar refractivity (Wildman–Crippen MR) is 114 cm³/mol. The van der Waals surface area contributed by atoms with Gasteiger partial charge in [-0.25, -0.2) is 0 Å². The lowest BCUT2D eigenvalue weighted by molar-refractivity contribution is -0.151. The third-order valence-corrected chi connectivity index (χ3v) is 5.16. The number of benzene rings is 1. The fraction of sp³-hybridized carbons (Fsp3) is 0.435. The quantitative estimate of drug-likeness (QED) is 0.681. The molecular formula is C23H28N2O6. The number of hydrogen-bond acceptors (Lipinski definition) is 6. The number of rotatable bonds is 7. The molecule has 1 unspecified atom stereocenters. The number of esters is 1. The second-order valence-electron chi connectivity index (χ2n) is 8.58. The molecule has 0 radical (unpaired) electrons. The molecule has 0 bridgehead atoms. The molecule has 2 amide bonds. The number of likely N-dealkylation sites (tertiary alicyclic amines) is 1. The summed E-state index contributed by atoms with van der Waals surface area (Å²) in [6.45, 7) is 6.31.